The van der Waals surface area contributed by atoms with Crippen LogP contribution >= 0.6 is 0 Å². The van der Waals surface area contributed by atoms with E-state index in [0.717, 1.165) is 43.6 Å². The van der Waals surface area contributed by atoms with Crippen LogP contribution in [-0.2, 0) is 11.2 Å². The molecule has 1 aliphatic rings. The van der Waals surface area contributed by atoms with E-state index in [2.05, 4.69) is 30.1 Å². The average Bonchev–Trinajstić information content (AvgIpc) is 2.66. The predicted octanol–water partition coefficient (Wildman–Crippen LogP) is 3.85. The molecule has 0 spiro atoms. The standard InChI is InChI=1S/C22H29N3O/c1-3-25(4-2)21(16-9-6-5-7-10-16)22(26)24-20-12-8-11-17-15-18(23)13-14-19(17)20/h5-7,9-10,13-15,20-21H,3-4,8,11-12,23H2,1-2H3,(H,24,26). The first kappa shape index (κ1) is 18.5. The van der Waals surface area contributed by atoms with Crippen molar-refractivity contribution in [3.05, 3.63) is 65.2 Å². The molecule has 4 nitrogen and oxygen atoms in total. The molecule has 0 saturated carbocycles. The highest BCUT2D eigenvalue weighted by Gasteiger charge is 2.29. The molecular weight excluding hydrogens is 322 g/mol. The summed E-state index contributed by atoms with van der Waals surface area (Å²) in [6, 6.07) is 15.9. The molecule has 1 amide bonds. The summed E-state index contributed by atoms with van der Waals surface area (Å²) in [7, 11) is 0. The first-order valence-corrected chi connectivity index (χ1v) is 9.61. The van der Waals surface area contributed by atoms with Crippen LogP contribution in [0.3, 0.4) is 0 Å². The van der Waals surface area contributed by atoms with E-state index in [1.54, 1.807) is 0 Å². The molecule has 3 N–H and O–H groups in total. The third-order valence-electron chi connectivity index (χ3n) is 5.34. The van der Waals surface area contributed by atoms with E-state index >= 15 is 0 Å². The largest absolute Gasteiger partial charge is 0.399 e. The summed E-state index contributed by atoms with van der Waals surface area (Å²) in [6.07, 6.45) is 3.08. The zero-order valence-corrected chi connectivity index (χ0v) is 15.7. The molecular formula is C22H29N3O. The van der Waals surface area contributed by atoms with Crippen LogP contribution in [0, 0.1) is 0 Å². The van der Waals surface area contributed by atoms with Gasteiger partial charge in [-0.15, -0.1) is 0 Å². The van der Waals surface area contributed by atoms with E-state index in [0.29, 0.717) is 0 Å². The van der Waals surface area contributed by atoms with Gasteiger partial charge in [-0.3, -0.25) is 9.69 Å². The van der Waals surface area contributed by atoms with Crippen LogP contribution in [-0.4, -0.2) is 23.9 Å². The van der Waals surface area contributed by atoms with Gasteiger partial charge in [0.15, 0.2) is 0 Å². The average molecular weight is 351 g/mol. The zero-order chi connectivity index (χ0) is 18.5. The summed E-state index contributed by atoms with van der Waals surface area (Å²) < 4.78 is 0. The van der Waals surface area contributed by atoms with Crippen molar-refractivity contribution in [2.75, 3.05) is 18.8 Å². The number of hydrogen-bond donors (Lipinski definition) is 2. The molecule has 2 aromatic rings. The SMILES string of the molecule is CCN(CC)C(C(=O)NC1CCCc2cc(N)ccc21)c1ccccc1. The number of anilines is 1. The van der Waals surface area contributed by atoms with Crippen LogP contribution in [0.25, 0.3) is 0 Å². The topological polar surface area (TPSA) is 58.4 Å². The fourth-order valence-corrected chi connectivity index (χ4v) is 3.99. The Morgan fingerprint density at radius 2 is 1.92 bits per heavy atom. The lowest BCUT2D eigenvalue weighted by molar-refractivity contribution is -0.127. The van der Waals surface area contributed by atoms with E-state index in [9.17, 15) is 4.79 Å². The van der Waals surface area contributed by atoms with Crippen molar-refractivity contribution in [3.8, 4) is 0 Å². The Morgan fingerprint density at radius 3 is 2.62 bits per heavy atom. The van der Waals surface area contributed by atoms with Gasteiger partial charge in [0.05, 0.1) is 6.04 Å². The van der Waals surface area contributed by atoms with Gasteiger partial charge in [-0.2, -0.15) is 0 Å². The first-order valence-electron chi connectivity index (χ1n) is 9.61. The van der Waals surface area contributed by atoms with Crippen LogP contribution in [0.15, 0.2) is 48.5 Å². The second kappa shape index (κ2) is 8.37. The molecule has 4 heteroatoms. The van der Waals surface area contributed by atoms with Crippen LogP contribution in [0.4, 0.5) is 5.69 Å². The van der Waals surface area contributed by atoms with Crippen molar-refractivity contribution in [1.29, 1.82) is 0 Å². The maximum atomic E-state index is 13.3. The van der Waals surface area contributed by atoms with Gasteiger partial charge in [0, 0.05) is 5.69 Å². The molecule has 2 atom stereocenters. The lowest BCUT2D eigenvalue weighted by Gasteiger charge is -2.32. The van der Waals surface area contributed by atoms with Gasteiger partial charge in [0.25, 0.3) is 0 Å². The molecule has 0 aliphatic heterocycles. The monoisotopic (exact) mass is 351 g/mol. The third-order valence-corrected chi connectivity index (χ3v) is 5.34. The highest BCUT2D eigenvalue weighted by Crippen LogP contribution is 2.32. The summed E-state index contributed by atoms with van der Waals surface area (Å²) in [5, 5.41) is 3.32. The van der Waals surface area contributed by atoms with Crippen molar-refractivity contribution in [2.45, 2.75) is 45.2 Å². The molecule has 26 heavy (non-hydrogen) atoms. The van der Waals surface area contributed by atoms with Gasteiger partial charge in [-0.1, -0.05) is 50.2 Å². The minimum Gasteiger partial charge on any atom is -0.399 e. The maximum absolute atomic E-state index is 13.3. The Bertz CT molecular complexity index is 740. The number of fused-ring (bicyclic) bond motifs is 1. The number of carbonyl (C=O) groups is 1. The van der Waals surface area contributed by atoms with Gasteiger partial charge in [0.2, 0.25) is 5.91 Å². The number of nitrogens with two attached hydrogens (primary N) is 1. The summed E-state index contributed by atoms with van der Waals surface area (Å²) in [4.78, 5) is 15.5. The number of aryl methyl sites for hydroxylation is 1. The third kappa shape index (κ3) is 3.91. The van der Waals surface area contributed by atoms with E-state index in [4.69, 9.17) is 5.73 Å². The van der Waals surface area contributed by atoms with Gasteiger partial charge in [-0.25, -0.2) is 0 Å². The van der Waals surface area contributed by atoms with Crippen molar-refractivity contribution >= 4 is 11.6 Å². The number of benzene rings is 2. The summed E-state index contributed by atoms with van der Waals surface area (Å²) in [5.74, 6) is 0.0783. The van der Waals surface area contributed by atoms with Crippen LogP contribution in [0.5, 0.6) is 0 Å². The number of amides is 1. The smallest absolute Gasteiger partial charge is 0.242 e. The number of likely N-dealkylation sites (N-methyl/N-ethyl adjacent to an activating group) is 1. The van der Waals surface area contributed by atoms with Crippen LogP contribution in [0.2, 0.25) is 0 Å². The quantitative estimate of drug-likeness (QED) is 0.777. The fourth-order valence-electron chi connectivity index (χ4n) is 3.99. The summed E-state index contributed by atoms with van der Waals surface area (Å²) in [6.45, 7) is 5.87. The molecule has 3 rings (SSSR count). The Morgan fingerprint density at radius 1 is 1.19 bits per heavy atom. The predicted molar refractivity (Wildman–Crippen MR) is 107 cm³/mol. The Kier molecular flexibility index (Phi) is 5.94. The summed E-state index contributed by atoms with van der Waals surface area (Å²) >= 11 is 0. The minimum atomic E-state index is -0.259. The molecule has 1 aliphatic carbocycles. The van der Waals surface area contributed by atoms with E-state index < -0.39 is 0 Å². The van der Waals surface area contributed by atoms with Crippen LogP contribution in [0.1, 0.15) is 55.5 Å². The molecule has 138 valence electrons. The number of nitrogens with zero attached hydrogens (tertiary/aromatic N) is 1. The zero-order valence-electron chi connectivity index (χ0n) is 15.7. The Hall–Kier alpha value is -2.33. The molecule has 2 aromatic carbocycles. The lowest BCUT2D eigenvalue weighted by atomic mass is 9.87. The van der Waals surface area contributed by atoms with Crippen molar-refractivity contribution in [2.24, 2.45) is 0 Å². The molecule has 0 fully saturated rings. The van der Waals surface area contributed by atoms with Gasteiger partial charge in [0.1, 0.15) is 6.04 Å². The van der Waals surface area contributed by atoms with E-state index in [-0.39, 0.29) is 18.0 Å². The van der Waals surface area contributed by atoms with Gasteiger partial charge >= 0.3 is 0 Å². The van der Waals surface area contributed by atoms with E-state index in [1.807, 2.05) is 42.5 Å². The van der Waals surface area contributed by atoms with Gasteiger partial charge < -0.3 is 11.1 Å². The highest BCUT2D eigenvalue weighted by atomic mass is 16.2. The number of carbonyl (C=O) groups excluding carboxylic acids is 1. The number of nitrogens with one attached hydrogen (secondary N) is 1. The molecule has 0 aromatic heterocycles. The highest BCUT2D eigenvalue weighted by molar-refractivity contribution is 5.83. The Labute approximate surface area is 156 Å². The minimum absolute atomic E-state index is 0.0635. The molecule has 2 unspecified atom stereocenters. The second-order valence-corrected chi connectivity index (χ2v) is 6.95. The van der Waals surface area contributed by atoms with Crippen molar-refractivity contribution in [1.82, 2.24) is 10.2 Å². The van der Waals surface area contributed by atoms with E-state index in [1.165, 1.54) is 11.1 Å². The molecule has 0 saturated heterocycles. The first-order chi connectivity index (χ1) is 12.6. The summed E-state index contributed by atoms with van der Waals surface area (Å²) in [5.41, 5.74) is 10.2. The second-order valence-electron chi connectivity index (χ2n) is 6.95. The number of rotatable bonds is 6. The van der Waals surface area contributed by atoms with Crippen LogP contribution < -0.4 is 11.1 Å². The number of hydrogen-bond acceptors (Lipinski definition) is 3. The molecule has 0 heterocycles. The molecule has 0 radical (unpaired) electrons. The Balaban J connectivity index is 1.85. The van der Waals surface area contributed by atoms with Gasteiger partial charge in [-0.05, 0) is 61.2 Å². The van der Waals surface area contributed by atoms with Crippen molar-refractivity contribution in [3.63, 3.8) is 0 Å². The number of nitrogen functional groups attached to an aromatic ring is 1. The normalized spacial score (nSPS) is 17.6. The molecule has 0 bridgehead atoms. The fraction of sp³-hybridized carbons (Fsp3) is 0.409. The maximum Gasteiger partial charge on any atom is 0.242 e. The lowest BCUT2D eigenvalue weighted by Crippen LogP contribution is -2.42. The van der Waals surface area contributed by atoms with Crippen molar-refractivity contribution < 1.29 is 4.79 Å².